The number of nitrogens with two attached hydrogens (primary N) is 1. The summed E-state index contributed by atoms with van der Waals surface area (Å²) in [4.78, 5) is 23.7. The molecule has 0 aliphatic rings. The smallest absolute Gasteiger partial charge is 0.407 e. The number of alkyl carbamates (subject to hydrolysis) is 1. The lowest BCUT2D eigenvalue weighted by Gasteiger charge is -2.08. The van der Waals surface area contributed by atoms with Crippen molar-refractivity contribution in [2.45, 2.75) is 20.0 Å². The summed E-state index contributed by atoms with van der Waals surface area (Å²) in [6, 6.07) is 14.7. The van der Waals surface area contributed by atoms with Crippen LogP contribution in [0.25, 0.3) is 0 Å². The molecule has 2 rings (SSSR count). The lowest BCUT2D eigenvalue weighted by atomic mass is 10.0. The first-order valence-corrected chi connectivity index (χ1v) is 7.40. The highest BCUT2D eigenvalue weighted by atomic mass is 16.5. The Bertz CT molecular complexity index is 684. The van der Waals surface area contributed by atoms with Crippen LogP contribution in [-0.2, 0) is 11.3 Å². The first-order valence-electron chi connectivity index (χ1n) is 7.40. The van der Waals surface area contributed by atoms with Crippen LogP contribution in [0.3, 0.4) is 0 Å². The predicted octanol–water partition coefficient (Wildman–Crippen LogP) is 3.08. The van der Waals surface area contributed by atoms with E-state index in [2.05, 4.69) is 5.32 Å². The number of nitrogens with one attached hydrogen (secondary N) is 1. The summed E-state index contributed by atoms with van der Waals surface area (Å²) in [6.07, 6.45) is -0.368. The van der Waals surface area contributed by atoms with Crippen molar-refractivity contribution in [2.75, 3.05) is 12.3 Å². The third-order valence-electron chi connectivity index (χ3n) is 3.34. The molecule has 5 nitrogen and oxygen atoms in total. The molecule has 0 radical (unpaired) electrons. The average molecular weight is 312 g/mol. The molecule has 0 atom stereocenters. The topological polar surface area (TPSA) is 81.4 Å². The van der Waals surface area contributed by atoms with Gasteiger partial charge in [0.05, 0.1) is 0 Å². The van der Waals surface area contributed by atoms with Crippen molar-refractivity contribution in [3.63, 3.8) is 0 Å². The Morgan fingerprint density at radius 1 is 1.13 bits per heavy atom. The highest BCUT2D eigenvalue weighted by Crippen LogP contribution is 2.15. The molecule has 0 bridgehead atoms. The Morgan fingerprint density at radius 2 is 1.87 bits per heavy atom. The molecule has 1 amide bonds. The Hall–Kier alpha value is -2.82. The number of Topliss-reactive ketones (excluding diaryl/α,β-unsaturated/α-hetero) is 1. The van der Waals surface area contributed by atoms with Crippen LogP contribution in [0, 0.1) is 6.92 Å². The van der Waals surface area contributed by atoms with E-state index in [1.165, 1.54) is 0 Å². The molecule has 2 aromatic rings. The van der Waals surface area contributed by atoms with E-state index in [9.17, 15) is 9.59 Å². The van der Waals surface area contributed by atoms with Crippen LogP contribution in [0.5, 0.6) is 0 Å². The molecule has 0 spiro atoms. The van der Waals surface area contributed by atoms with Gasteiger partial charge in [-0.05, 0) is 24.6 Å². The lowest BCUT2D eigenvalue weighted by molar-refractivity contribution is 0.0981. The minimum absolute atomic E-state index is 0.102. The van der Waals surface area contributed by atoms with Crippen LogP contribution < -0.4 is 11.1 Å². The maximum absolute atomic E-state index is 12.1. The van der Waals surface area contributed by atoms with Crippen LogP contribution in [0.1, 0.15) is 27.9 Å². The van der Waals surface area contributed by atoms with Gasteiger partial charge in [0, 0.05) is 24.2 Å². The molecule has 0 aliphatic carbocycles. The number of anilines is 1. The van der Waals surface area contributed by atoms with Gasteiger partial charge in [0.15, 0.2) is 5.78 Å². The number of nitrogen functional groups attached to an aromatic ring is 1. The van der Waals surface area contributed by atoms with Gasteiger partial charge in [-0.25, -0.2) is 4.79 Å². The number of carbonyl (C=O) groups excluding carboxylic acids is 2. The van der Waals surface area contributed by atoms with Crippen molar-refractivity contribution in [1.82, 2.24) is 5.32 Å². The molecule has 0 saturated heterocycles. The number of ether oxygens (including phenoxy) is 1. The fourth-order valence-corrected chi connectivity index (χ4v) is 2.10. The van der Waals surface area contributed by atoms with Gasteiger partial charge in [-0.3, -0.25) is 4.79 Å². The van der Waals surface area contributed by atoms with Crippen LogP contribution in [0.2, 0.25) is 0 Å². The number of hydrogen-bond donors (Lipinski definition) is 2. The van der Waals surface area contributed by atoms with Crippen molar-refractivity contribution in [1.29, 1.82) is 0 Å². The van der Waals surface area contributed by atoms with Gasteiger partial charge < -0.3 is 15.8 Å². The first-order chi connectivity index (χ1) is 11.1. The van der Waals surface area contributed by atoms with Crippen molar-refractivity contribution in [3.05, 3.63) is 65.2 Å². The third-order valence-corrected chi connectivity index (χ3v) is 3.34. The molecule has 2 aromatic carbocycles. The van der Waals surface area contributed by atoms with E-state index in [0.29, 0.717) is 11.3 Å². The second-order valence-electron chi connectivity index (χ2n) is 5.25. The summed E-state index contributed by atoms with van der Waals surface area (Å²) in [5.41, 5.74) is 8.62. The molecule has 0 unspecified atom stereocenters. The standard InChI is InChI=1S/C18H20N2O3/c1-13-7-8-16(19)15(11-13)17(21)9-10-20-18(22)23-12-14-5-3-2-4-6-14/h2-8,11H,9-10,12,19H2,1H3,(H,20,22). The number of aryl methyl sites for hydroxylation is 1. The van der Waals surface area contributed by atoms with E-state index in [-0.39, 0.29) is 25.4 Å². The minimum Gasteiger partial charge on any atom is -0.445 e. The van der Waals surface area contributed by atoms with Crippen LogP contribution in [0.4, 0.5) is 10.5 Å². The fraction of sp³-hybridized carbons (Fsp3) is 0.222. The molecule has 0 heterocycles. The zero-order valence-electron chi connectivity index (χ0n) is 13.0. The molecule has 0 aromatic heterocycles. The van der Waals surface area contributed by atoms with Gasteiger partial charge in [0.2, 0.25) is 0 Å². The van der Waals surface area contributed by atoms with Gasteiger partial charge in [-0.15, -0.1) is 0 Å². The van der Waals surface area contributed by atoms with Crippen molar-refractivity contribution >= 4 is 17.6 Å². The van der Waals surface area contributed by atoms with Gasteiger partial charge in [-0.1, -0.05) is 42.0 Å². The minimum atomic E-state index is -0.543. The van der Waals surface area contributed by atoms with Gasteiger partial charge >= 0.3 is 6.09 Å². The van der Waals surface area contributed by atoms with Crippen molar-refractivity contribution < 1.29 is 14.3 Å². The van der Waals surface area contributed by atoms with Gasteiger partial charge in [0.1, 0.15) is 6.61 Å². The maximum Gasteiger partial charge on any atom is 0.407 e. The molecule has 0 saturated carbocycles. The summed E-state index contributed by atoms with van der Waals surface area (Å²) in [7, 11) is 0. The van der Waals surface area contributed by atoms with Crippen molar-refractivity contribution in [3.8, 4) is 0 Å². The van der Waals surface area contributed by atoms with Crippen LogP contribution in [0.15, 0.2) is 48.5 Å². The molecular weight excluding hydrogens is 292 g/mol. The zero-order chi connectivity index (χ0) is 16.7. The highest BCUT2D eigenvalue weighted by molar-refractivity contribution is 6.01. The number of rotatable bonds is 6. The number of benzene rings is 2. The quantitative estimate of drug-likeness (QED) is 0.634. The van der Waals surface area contributed by atoms with E-state index < -0.39 is 6.09 Å². The van der Waals surface area contributed by atoms with E-state index in [1.54, 1.807) is 12.1 Å². The summed E-state index contributed by atoms with van der Waals surface area (Å²) in [6.45, 7) is 2.31. The van der Waals surface area contributed by atoms with E-state index in [0.717, 1.165) is 11.1 Å². The first kappa shape index (κ1) is 16.5. The molecule has 120 valence electrons. The van der Waals surface area contributed by atoms with Crippen LogP contribution >= 0.6 is 0 Å². The Kier molecular flexibility index (Phi) is 5.74. The lowest BCUT2D eigenvalue weighted by Crippen LogP contribution is -2.26. The fourth-order valence-electron chi connectivity index (χ4n) is 2.10. The third kappa shape index (κ3) is 5.14. The number of amides is 1. The normalized spacial score (nSPS) is 10.1. The van der Waals surface area contributed by atoms with E-state index in [1.807, 2.05) is 43.3 Å². The summed E-state index contributed by atoms with van der Waals surface area (Å²) >= 11 is 0. The maximum atomic E-state index is 12.1. The second-order valence-corrected chi connectivity index (χ2v) is 5.25. The highest BCUT2D eigenvalue weighted by Gasteiger charge is 2.11. The molecule has 0 fully saturated rings. The molecule has 5 heteroatoms. The molecule has 3 N–H and O–H groups in total. The molecular formula is C18H20N2O3. The number of carbonyl (C=O) groups is 2. The van der Waals surface area contributed by atoms with Crippen LogP contribution in [-0.4, -0.2) is 18.4 Å². The van der Waals surface area contributed by atoms with E-state index in [4.69, 9.17) is 10.5 Å². The average Bonchev–Trinajstić information content (AvgIpc) is 2.56. The predicted molar refractivity (Wildman–Crippen MR) is 89.2 cm³/mol. The summed E-state index contributed by atoms with van der Waals surface area (Å²) in [5, 5.41) is 2.56. The Labute approximate surface area is 135 Å². The monoisotopic (exact) mass is 312 g/mol. The Morgan fingerprint density at radius 3 is 2.61 bits per heavy atom. The molecule has 0 aliphatic heterocycles. The van der Waals surface area contributed by atoms with Gasteiger partial charge in [0.25, 0.3) is 0 Å². The summed E-state index contributed by atoms with van der Waals surface area (Å²) in [5.74, 6) is -0.102. The summed E-state index contributed by atoms with van der Waals surface area (Å²) < 4.78 is 5.07. The van der Waals surface area contributed by atoms with E-state index >= 15 is 0 Å². The second kappa shape index (κ2) is 7.98. The zero-order valence-corrected chi connectivity index (χ0v) is 13.0. The number of ketones is 1. The largest absolute Gasteiger partial charge is 0.445 e. The SMILES string of the molecule is Cc1ccc(N)c(C(=O)CCNC(=O)OCc2ccccc2)c1. The Balaban J connectivity index is 1.75. The van der Waals surface area contributed by atoms with Gasteiger partial charge in [-0.2, -0.15) is 0 Å². The number of hydrogen-bond acceptors (Lipinski definition) is 4. The van der Waals surface area contributed by atoms with Crippen molar-refractivity contribution in [2.24, 2.45) is 0 Å². The molecule has 23 heavy (non-hydrogen) atoms.